The maximum atomic E-state index is 6.85. The molecule has 2 heterocycles. The standard InChI is InChI=1S/C66H45N3OS/c1-6-17-46(18-7-1)48-19-16-20-49(41-48)47-29-31-54(32-30-47)69(56-34-38-60-59-37-33-55(42-63(59)70-64(60)43-56)67(50-21-8-2-9-22-50)51-23-10-3-11-24-51)58-36-40-62-61-39-35-57(44-65(61)71-66(62)45-58)68(52-25-12-4-13-26-52)53-27-14-5-15-28-53/h1-45H. The van der Waals surface area contributed by atoms with E-state index < -0.39 is 0 Å². The van der Waals surface area contributed by atoms with Crippen LogP contribution in [0, 0.1) is 0 Å². The molecule has 2 aromatic heterocycles. The van der Waals surface area contributed by atoms with Gasteiger partial charge in [-0.05, 0) is 138 Å². The van der Waals surface area contributed by atoms with Gasteiger partial charge >= 0.3 is 0 Å². The first-order chi connectivity index (χ1) is 35.2. The number of anilines is 9. The van der Waals surface area contributed by atoms with Crippen LogP contribution in [0.4, 0.5) is 51.2 Å². The lowest BCUT2D eigenvalue weighted by molar-refractivity contribution is 0.669. The van der Waals surface area contributed by atoms with Crippen LogP contribution in [0.3, 0.4) is 0 Å². The van der Waals surface area contributed by atoms with E-state index in [1.807, 2.05) is 11.3 Å². The molecular weight excluding hydrogens is 883 g/mol. The summed E-state index contributed by atoms with van der Waals surface area (Å²) in [4.78, 5) is 6.96. The monoisotopic (exact) mass is 927 g/mol. The van der Waals surface area contributed by atoms with Crippen LogP contribution < -0.4 is 14.7 Å². The van der Waals surface area contributed by atoms with Crippen molar-refractivity contribution in [2.45, 2.75) is 0 Å². The second kappa shape index (κ2) is 18.1. The van der Waals surface area contributed by atoms with Gasteiger partial charge in [0.15, 0.2) is 0 Å². The van der Waals surface area contributed by atoms with Gasteiger partial charge in [0.2, 0.25) is 0 Å². The van der Waals surface area contributed by atoms with E-state index in [4.69, 9.17) is 4.42 Å². The molecule has 71 heavy (non-hydrogen) atoms. The summed E-state index contributed by atoms with van der Waals surface area (Å²) in [5.74, 6) is 0. The summed E-state index contributed by atoms with van der Waals surface area (Å²) in [7, 11) is 0. The molecule has 0 spiro atoms. The van der Waals surface area contributed by atoms with E-state index in [0.29, 0.717) is 0 Å². The van der Waals surface area contributed by atoms with Crippen molar-refractivity contribution < 1.29 is 4.42 Å². The SMILES string of the molecule is c1ccc(-c2cccc(-c3ccc(N(c4ccc5c(c4)oc4cc(N(c6ccccc6)c6ccccc6)ccc45)c4ccc5c(c4)sc4cc(N(c6ccccc6)c6ccccc6)ccc45)cc3)c2)cc1. The van der Waals surface area contributed by atoms with Gasteiger partial charge in [0, 0.05) is 94.3 Å². The molecule has 0 amide bonds. The Bertz CT molecular complexity index is 3710. The number of hydrogen-bond acceptors (Lipinski definition) is 5. The van der Waals surface area contributed by atoms with Gasteiger partial charge in [0.05, 0.1) is 0 Å². The number of fused-ring (bicyclic) bond motifs is 6. The van der Waals surface area contributed by atoms with Crippen molar-refractivity contribution in [1.82, 2.24) is 0 Å². The first-order valence-electron chi connectivity index (χ1n) is 24.0. The van der Waals surface area contributed by atoms with E-state index in [2.05, 4.69) is 288 Å². The van der Waals surface area contributed by atoms with E-state index in [9.17, 15) is 0 Å². The lowest BCUT2D eigenvalue weighted by Crippen LogP contribution is -2.09. The Labute approximate surface area is 416 Å². The van der Waals surface area contributed by atoms with Crippen molar-refractivity contribution in [3.05, 3.63) is 273 Å². The zero-order valence-corrected chi connectivity index (χ0v) is 39.5. The highest BCUT2D eigenvalue weighted by molar-refractivity contribution is 7.25. The zero-order valence-electron chi connectivity index (χ0n) is 38.6. The molecule has 0 N–H and O–H groups in total. The number of para-hydroxylation sites is 4. The average Bonchev–Trinajstić information content (AvgIpc) is 4.00. The second-order valence-corrected chi connectivity index (χ2v) is 18.9. The van der Waals surface area contributed by atoms with E-state index >= 15 is 0 Å². The maximum absolute atomic E-state index is 6.85. The Morgan fingerprint density at radius 3 is 0.958 bits per heavy atom. The van der Waals surface area contributed by atoms with E-state index in [1.54, 1.807) is 0 Å². The molecule has 336 valence electrons. The summed E-state index contributed by atoms with van der Waals surface area (Å²) in [6, 6.07) is 97.5. The van der Waals surface area contributed by atoms with Crippen LogP contribution in [0.5, 0.6) is 0 Å². The third-order valence-corrected chi connectivity index (χ3v) is 14.5. The number of furan rings is 1. The molecule has 0 aliphatic carbocycles. The minimum atomic E-state index is 0.830. The lowest BCUT2D eigenvalue weighted by Gasteiger charge is -2.26. The molecule has 13 aromatic rings. The minimum Gasteiger partial charge on any atom is -0.456 e. The fourth-order valence-electron chi connectivity index (χ4n) is 10.0. The number of thiophene rings is 1. The highest BCUT2D eigenvalue weighted by Gasteiger charge is 2.20. The van der Waals surface area contributed by atoms with Gasteiger partial charge in [0.1, 0.15) is 11.2 Å². The fraction of sp³-hybridized carbons (Fsp3) is 0. The van der Waals surface area contributed by atoms with Gasteiger partial charge in [-0.15, -0.1) is 11.3 Å². The van der Waals surface area contributed by atoms with Crippen LogP contribution in [0.1, 0.15) is 0 Å². The van der Waals surface area contributed by atoms with Gasteiger partial charge in [0.25, 0.3) is 0 Å². The summed E-state index contributed by atoms with van der Waals surface area (Å²) < 4.78 is 9.31. The zero-order chi connectivity index (χ0) is 47.1. The Hall–Kier alpha value is -9.16. The first-order valence-corrected chi connectivity index (χ1v) is 24.8. The highest BCUT2D eigenvalue weighted by atomic mass is 32.1. The smallest absolute Gasteiger partial charge is 0.137 e. The van der Waals surface area contributed by atoms with Crippen molar-refractivity contribution in [2.75, 3.05) is 14.7 Å². The molecule has 0 unspecified atom stereocenters. The molecule has 5 heteroatoms. The third kappa shape index (κ3) is 7.94. The van der Waals surface area contributed by atoms with Gasteiger partial charge in [-0.3, -0.25) is 0 Å². The number of hydrogen-bond donors (Lipinski definition) is 0. The Kier molecular flexibility index (Phi) is 10.7. The summed E-state index contributed by atoms with van der Waals surface area (Å²) in [5.41, 5.74) is 16.1. The van der Waals surface area contributed by atoms with Gasteiger partial charge in [-0.1, -0.05) is 146 Å². The molecule has 0 saturated carbocycles. The predicted octanol–water partition coefficient (Wildman–Crippen LogP) is 19.7. The largest absolute Gasteiger partial charge is 0.456 e. The minimum absolute atomic E-state index is 0.830. The van der Waals surface area contributed by atoms with Crippen LogP contribution in [-0.4, -0.2) is 0 Å². The molecule has 0 aliphatic heterocycles. The Morgan fingerprint density at radius 2 is 0.535 bits per heavy atom. The van der Waals surface area contributed by atoms with Crippen LogP contribution in [0.2, 0.25) is 0 Å². The highest BCUT2D eigenvalue weighted by Crippen LogP contribution is 2.45. The number of rotatable bonds is 11. The van der Waals surface area contributed by atoms with Crippen molar-refractivity contribution in [3.63, 3.8) is 0 Å². The fourth-order valence-corrected chi connectivity index (χ4v) is 11.2. The predicted molar refractivity (Wildman–Crippen MR) is 302 cm³/mol. The summed E-state index contributed by atoms with van der Waals surface area (Å²) in [6.07, 6.45) is 0. The van der Waals surface area contributed by atoms with E-state index in [1.165, 1.54) is 36.9 Å². The van der Waals surface area contributed by atoms with Gasteiger partial charge in [-0.25, -0.2) is 0 Å². The summed E-state index contributed by atoms with van der Waals surface area (Å²) >= 11 is 1.83. The molecule has 0 aliphatic rings. The average molecular weight is 928 g/mol. The van der Waals surface area contributed by atoms with Crippen molar-refractivity contribution in [2.24, 2.45) is 0 Å². The first kappa shape index (κ1) is 42.0. The van der Waals surface area contributed by atoms with E-state index in [0.717, 1.165) is 78.7 Å². The van der Waals surface area contributed by atoms with Crippen LogP contribution in [0.15, 0.2) is 277 Å². The Morgan fingerprint density at radius 1 is 0.225 bits per heavy atom. The Balaban J connectivity index is 0.916. The molecule has 13 rings (SSSR count). The van der Waals surface area contributed by atoms with Crippen molar-refractivity contribution in [3.8, 4) is 22.3 Å². The van der Waals surface area contributed by atoms with Crippen LogP contribution in [0.25, 0.3) is 64.4 Å². The van der Waals surface area contributed by atoms with Gasteiger partial charge in [-0.2, -0.15) is 0 Å². The molecular formula is C66H45N3OS. The normalized spacial score (nSPS) is 11.4. The number of benzene rings is 11. The molecule has 11 aromatic carbocycles. The maximum Gasteiger partial charge on any atom is 0.137 e. The molecule has 0 radical (unpaired) electrons. The van der Waals surface area contributed by atoms with Crippen molar-refractivity contribution >= 4 is 105 Å². The topological polar surface area (TPSA) is 22.9 Å². The van der Waals surface area contributed by atoms with E-state index in [-0.39, 0.29) is 0 Å². The summed E-state index contributed by atoms with van der Waals surface area (Å²) in [6.45, 7) is 0. The lowest BCUT2D eigenvalue weighted by atomic mass is 9.99. The van der Waals surface area contributed by atoms with Crippen molar-refractivity contribution in [1.29, 1.82) is 0 Å². The molecule has 4 nitrogen and oxygen atoms in total. The van der Waals surface area contributed by atoms with Gasteiger partial charge < -0.3 is 19.1 Å². The second-order valence-electron chi connectivity index (χ2n) is 17.8. The quantitative estimate of drug-likeness (QED) is 0.129. The summed E-state index contributed by atoms with van der Waals surface area (Å²) in [5, 5.41) is 4.64. The molecule has 0 fully saturated rings. The van der Waals surface area contributed by atoms with Crippen LogP contribution in [-0.2, 0) is 0 Å². The molecule has 0 bridgehead atoms. The molecule has 0 atom stereocenters. The number of nitrogens with zero attached hydrogens (tertiary/aromatic N) is 3. The van der Waals surface area contributed by atoms with Crippen LogP contribution >= 0.6 is 11.3 Å². The molecule has 0 saturated heterocycles. The third-order valence-electron chi connectivity index (χ3n) is 13.4.